The van der Waals surface area contributed by atoms with E-state index in [4.69, 9.17) is 14.2 Å². The monoisotopic (exact) mass is 364 g/mol. The third kappa shape index (κ3) is 11.2. The number of carboxylic acids is 1. The molecule has 2 atom stereocenters. The normalized spacial score (nSPS) is 16.5. The van der Waals surface area contributed by atoms with E-state index in [1.54, 1.807) is 0 Å². The van der Waals surface area contributed by atoms with Crippen molar-refractivity contribution in [1.82, 2.24) is 0 Å². The van der Waals surface area contributed by atoms with Crippen LogP contribution in [0.25, 0.3) is 0 Å². The first-order chi connectivity index (χ1) is 11.4. The minimum atomic E-state index is -3.57. The number of carboxylic acid groups (broad SMARTS) is 1. The molecule has 24 heavy (non-hydrogen) atoms. The van der Waals surface area contributed by atoms with Gasteiger partial charge < -0.3 is 14.2 Å². The first-order valence-electron chi connectivity index (χ1n) is 9.50. The van der Waals surface area contributed by atoms with Crippen LogP contribution < -0.4 is 0 Å². The van der Waals surface area contributed by atoms with Gasteiger partial charge in [0.15, 0.2) is 0 Å². The van der Waals surface area contributed by atoms with Gasteiger partial charge >= 0.3 is 13.6 Å². The van der Waals surface area contributed by atoms with Gasteiger partial charge in [-0.2, -0.15) is 0 Å². The molecule has 1 N–H and O–H groups in total. The summed E-state index contributed by atoms with van der Waals surface area (Å²) in [6, 6.07) is 0. The molecule has 0 aliphatic rings. The lowest BCUT2D eigenvalue weighted by Crippen LogP contribution is -2.16. The molecular formula is C18H37O5P. The van der Waals surface area contributed by atoms with Crippen molar-refractivity contribution in [3.05, 3.63) is 0 Å². The van der Waals surface area contributed by atoms with Gasteiger partial charge in [0.25, 0.3) is 0 Å². The fourth-order valence-electron chi connectivity index (χ4n) is 2.53. The van der Waals surface area contributed by atoms with E-state index in [9.17, 15) is 9.36 Å². The van der Waals surface area contributed by atoms with Crippen molar-refractivity contribution >= 4 is 13.6 Å². The Labute approximate surface area is 148 Å². The number of rotatable bonds is 16. The summed E-state index contributed by atoms with van der Waals surface area (Å²) < 4.78 is 23.9. The van der Waals surface area contributed by atoms with Crippen LogP contribution in [0.3, 0.4) is 0 Å². The SMILES string of the molecule is CCCCC(CC)COP(=O)(CC(=O)O)OCC(CC)CCCC. The van der Waals surface area contributed by atoms with E-state index in [0.717, 1.165) is 51.4 Å². The maximum absolute atomic E-state index is 12.8. The highest BCUT2D eigenvalue weighted by molar-refractivity contribution is 7.54. The third-order valence-electron chi connectivity index (χ3n) is 4.43. The summed E-state index contributed by atoms with van der Waals surface area (Å²) in [6.45, 7) is 9.04. The van der Waals surface area contributed by atoms with E-state index in [-0.39, 0.29) is 0 Å². The van der Waals surface area contributed by atoms with Crippen LogP contribution in [0.2, 0.25) is 0 Å². The molecule has 0 rings (SSSR count). The molecule has 5 nitrogen and oxygen atoms in total. The Balaban J connectivity index is 4.63. The number of carbonyl (C=O) groups is 1. The van der Waals surface area contributed by atoms with Gasteiger partial charge in [0.1, 0.15) is 6.16 Å². The van der Waals surface area contributed by atoms with E-state index in [1.807, 2.05) is 0 Å². The predicted molar refractivity (Wildman–Crippen MR) is 98.6 cm³/mol. The molecule has 0 radical (unpaired) electrons. The Morgan fingerprint density at radius 2 is 1.33 bits per heavy atom. The van der Waals surface area contributed by atoms with Crippen LogP contribution in [0, 0.1) is 11.8 Å². The molecule has 0 saturated carbocycles. The van der Waals surface area contributed by atoms with Crippen molar-refractivity contribution in [3.63, 3.8) is 0 Å². The van der Waals surface area contributed by atoms with E-state index < -0.39 is 19.7 Å². The van der Waals surface area contributed by atoms with Crippen molar-refractivity contribution in [2.75, 3.05) is 19.4 Å². The van der Waals surface area contributed by atoms with E-state index in [2.05, 4.69) is 27.7 Å². The minimum absolute atomic E-state index is 0.303. The largest absolute Gasteiger partial charge is 0.481 e. The first kappa shape index (κ1) is 23.6. The third-order valence-corrected chi connectivity index (χ3v) is 6.17. The molecule has 2 unspecified atom stereocenters. The topological polar surface area (TPSA) is 72.8 Å². The predicted octanol–water partition coefficient (Wildman–Crippen LogP) is 5.73. The molecule has 0 saturated heterocycles. The van der Waals surface area contributed by atoms with Gasteiger partial charge in [0, 0.05) is 0 Å². The smallest absolute Gasteiger partial charge is 0.341 e. The number of aliphatic carboxylic acids is 1. The van der Waals surface area contributed by atoms with Crippen LogP contribution in [-0.4, -0.2) is 30.5 Å². The zero-order valence-corrected chi connectivity index (χ0v) is 16.9. The summed E-state index contributed by atoms with van der Waals surface area (Å²) in [6.07, 6.45) is 7.73. The molecule has 0 spiro atoms. The fourth-order valence-corrected chi connectivity index (χ4v) is 3.99. The minimum Gasteiger partial charge on any atom is -0.481 e. The number of unbranched alkanes of at least 4 members (excludes halogenated alkanes) is 2. The number of hydrogen-bond donors (Lipinski definition) is 1. The summed E-state index contributed by atoms with van der Waals surface area (Å²) in [5.74, 6) is -0.531. The Morgan fingerprint density at radius 1 is 0.917 bits per heavy atom. The van der Waals surface area contributed by atoms with Gasteiger partial charge in [-0.25, -0.2) is 0 Å². The lowest BCUT2D eigenvalue weighted by atomic mass is 10.0. The Hall–Kier alpha value is -0.380. The highest BCUT2D eigenvalue weighted by atomic mass is 31.2. The zero-order chi connectivity index (χ0) is 18.4. The fraction of sp³-hybridized carbons (Fsp3) is 0.944. The van der Waals surface area contributed by atoms with Crippen LogP contribution in [0.15, 0.2) is 0 Å². The molecule has 0 heterocycles. The first-order valence-corrected chi connectivity index (χ1v) is 11.2. The maximum atomic E-state index is 12.8. The Bertz CT molecular complexity index is 348. The van der Waals surface area contributed by atoms with Crippen LogP contribution in [0.1, 0.15) is 79.1 Å². The molecule has 0 aromatic heterocycles. The number of hydrogen-bond acceptors (Lipinski definition) is 4. The van der Waals surface area contributed by atoms with E-state index in [0.29, 0.717) is 25.0 Å². The summed E-state index contributed by atoms with van der Waals surface area (Å²) in [5.41, 5.74) is 0. The van der Waals surface area contributed by atoms with Crippen molar-refractivity contribution in [1.29, 1.82) is 0 Å². The summed E-state index contributed by atoms with van der Waals surface area (Å²) in [5, 5.41) is 9.04. The van der Waals surface area contributed by atoms with Gasteiger partial charge in [-0.3, -0.25) is 9.36 Å². The second kappa shape index (κ2) is 13.9. The molecule has 0 bridgehead atoms. The Morgan fingerprint density at radius 3 is 1.62 bits per heavy atom. The molecule has 0 aliphatic carbocycles. The van der Waals surface area contributed by atoms with Crippen LogP contribution in [0.5, 0.6) is 0 Å². The van der Waals surface area contributed by atoms with Crippen molar-refractivity contribution in [3.8, 4) is 0 Å². The van der Waals surface area contributed by atoms with Crippen LogP contribution in [-0.2, 0) is 18.4 Å². The van der Waals surface area contributed by atoms with Crippen LogP contribution in [0.4, 0.5) is 0 Å². The second-order valence-electron chi connectivity index (χ2n) is 6.59. The van der Waals surface area contributed by atoms with Crippen LogP contribution >= 0.6 is 7.60 Å². The van der Waals surface area contributed by atoms with Crippen molar-refractivity contribution in [2.24, 2.45) is 11.8 Å². The van der Waals surface area contributed by atoms with Crippen molar-refractivity contribution in [2.45, 2.75) is 79.1 Å². The lowest BCUT2D eigenvalue weighted by Gasteiger charge is -2.23. The molecule has 6 heteroatoms. The molecule has 0 amide bonds. The molecule has 0 aliphatic heterocycles. The van der Waals surface area contributed by atoms with E-state index >= 15 is 0 Å². The average Bonchev–Trinajstić information content (AvgIpc) is 2.54. The van der Waals surface area contributed by atoms with E-state index in [1.165, 1.54) is 0 Å². The quantitative estimate of drug-likeness (QED) is 0.354. The second-order valence-corrected chi connectivity index (χ2v) is 8.64. The van der Waals surface area contributed by atoms with Gasteiger partial charge in [-0.15, -0.1) is 0 Å². The maximum Gasteiger partial charge on any atom is 0.341 e. The molecular weight excluding hydrogens is 327 g/mol. The van der Waals surface area contributed by atoms with Gasteiger partial charge in [0.05, 0.1) is 13.2 Å². The summed E-state index contributed by atoms with van der Waals surface area (Å²) in [4.78, 5) is 11.1. The highest BCUT2D eigenvalue weighted by Gasteiger charge is 2.30. The molecule has 144 valence electrons. The molecule has 0 fully saturated rings. The van der Waals surface area contributed by atoms with Gasteiger partial charge in [-0.1, -0.05) is 66.2 Å². The van der Waals surface area contributed by atoms with Crippen molar-refractivity contribution < 1.29 is 23.5 Å². The standard InChI is InChI=1S/C18H37O5P/c1-5-9-11-16(7-3)13-22-24(21,15-18(19)20)23-14-17(8-4)12-10-6-2/h16-17H,5-15H2,1-4H3,(H,19,20). The summed E-state index contributed by atoms with van der Waals surface area (Å²) in [7, 11) is -3.57. The molecule has 0 aromatic carbocycles. The Kier molecular flexibility index (Phi) is 13.6. The molecule has 0 aromatic rings. The van der Waals surface area contributed by atoms with Gasteiger partial charge in [-0.05, 0) is 24.7 Å². The highest BCUT2D eigenvalue weighted by Crippen LogP contribution is 2.49. The van der Waals surface area contributed by atoms with Gasteiger partial charge in [0.2, 0.25) is 0 Å². The average molecular weight is 364 g/mol. The summed E-state index contributed by atoms with van der Waals surface area (Å²) >= 11 is 0. The zero-order valence-electron chi connectivity index (χ0n) is 16.0. The lowest BCUT2D eigenvalue weighted by molar-refractivity contribution is -0.134.